The highest BCUT2D eigenvalue weighted by Crippen LogP contribution is 2.20. The third-order valence-corrected chi connectivity index (χ3v) is 3.73. The monoisotopic (exact) mass is 312 g/mol. The van der Waals surface area contributed by atoms with Gasteiger partial charge in [-0.15, -0.1) is 0 Å². The van der Waals surface area contributed by atoms with Crippen molar-refractivity contribution in [3.05, 3.63) is 71.8 Å². The van der Waals surface area contributed by atoms with Crippen molar-refractivity contribution in [1.82, 2.24) is 0 Å². The lowest BCUT2D eigenvalue weighted by Crippen LogP contribution is -2.18. The molecule has 2 aromatic carbocycles. The van der Waals surface area contributed by atoms with E-state index in [1.54, 1.807) is 0 Å². The van der Waals surface area contributed by atoms with Crippen molar-refractivity contribution in [2.75, 3.05) is 6.61 Å². The lowest BCUT2D eigenvalue weighted by Gasteiger charge is -2.10. The fraction of sp³-hybridized carbons (Fsp3) is 0.316. The molecule has 1 heterocycles. The summed E-state index contributed by atoms with van der Waals surface area (Å²) in [6.07, 6.45) is -0.187. The molecule has 3 rings (SSSR count). The lowest BCUT2D eigenvalue weighted by molar-refractivity contribution is -0.151. The summed E-state index contributed by atoms with van der Waals surface area (Å²) in [6, 6.07) is 19.7. The van der Waals surface area contributed by atoms with Crippen LogP contribution in [0.25, 0.3) is 0 Å². The van der Waals surface area contributed by atoms with Crippen LogP contribution in [0, 0.1) is 0 Å². The summed E-state index contributed by atoms with van der Waals surface area (Å²) < 4.78 is 16.6. The van der Waals surface area contributed by atoms with Crippen LogP contribution >= 0.6 is 0 Å². The molecule has 1 aliphatic rings. The largest absolute Gasteiger partial charge is 0.458 e. The first-order chi connectivity index (χ1) is 11.3. The van der Waals surface area contributed by atoms with Gasteiger partial charge < -0.3 is 14.2 Å². The van der Waals surface area contributed by atoms with Crippen LogP contribution in [0.2, 0.25) is 0 Å². The molecule has 0 aromatic heterocycles. The first kappa shape index (κ1) is 15.7. The smallest absolute Gasteiger partial charge is 0.335 e. The standard InChI is InChI=1S/C19H20O4/c20-19-18(22-13-16-9-5-2-6-10-16)11-17(23-19)14-21-12-15-7-3-1-4-8-15/h1-10,17-18H,11-14H2/t17-,18+/m0/s1. The van der Waals surface area contributed by atoms with E-state index in [1.165, 1.54) is 0 Å². The zero-order chi connectivity index (χ0) is 15.9. The van der Waals surface area contributed by atoms with E-state index in [4.69, 9.17) is 14.2 Å². The van der Waals surface area contributed by atoms with Gasteiger partial charge in [-0.1, -0.05) is 60.7 Å². The van der Waals surface area contributed by atoms with Crippen LogP contribution in [0.15, 0.2) is 60.7 Å². The van der Waals surface area contributed by atoms with Gasteiger partial charge in [-0.3, -0.25) is 0 Å². The van der Waals surface area contributed by atoms with Gasteiger partial charge in [-0.05, 0) is 11.1 Å². The van der Waals surface area contributed by atoms with Crippen molar-refractivity contribution in [1.29, 1.82) is 0 Å². The Bertz CT molecular complexity index is 612. The Morgan fingerprint density at radius 2 is 1.52 bits per heavy atom. The normalized spacial score (nSPS) is 20.4. The molecular weight excluding hydrogens is 292 g/mol. The van der Waals surface area contributed by atoms with E-state index in [0.29, 0.717) is 26.2 Å². The average Bonchev–Trinajstić information content (AvgIpc) is 2.95. The molecular formula is C19H20O4. The van der Waals surface area contributed by atoms with Crippen molar-refractivity contribution in [2.45, 2.75) is 31.8 Å². The number of ether oxygens (including phenoxy) is 3. The Morgan fingerprint density at radius 3 is 2.17 bits per heavy atom. The molecule has 0 aliphatic carbocycles. The minimum atomic E-state index is -0.500. The molecule has 0 unspecified atom stereocenters. The maximum Gasteiger partial charge on any atom is 0.335 e. The second-order valence-electron chi connectivity index (χ2n) is 5.58. The van der Waals surface area contributed by atoms with Crippen LogP contribution in [0.1, 0.15) is 17.5 Å². The maximum absolute atomic E-state index is 11.8. The minimum absolute atomic E-state index is 0.230. The second-order valence-corrected chi connectivity index (χ2v) is 5.58. The van der Waals surface area contributed by atoms with Gasteiger partial charge in [0.15, 0.2) is 6.10 Å². The van der Waals surface area contributed by atoms with Gasteiger partial charge in [-0.2, -0.15) is 0 Å². The highest BCUT2D eigenvalue weighted by Gasteiger charge is 2.35. The van der Waals surface area contributed by atoms with Gasteiger partial charge >= 0.3 is 5.97 Å². The third kappa shape index (κ3) is 4.65. The van der Waals surface area contributed by atoms with Crippen molar-refractivity contribution >= 4 is 5.97 Å². The summed E-state index contributed by atoms with van der Waals surface area (Å²) >= 11 is 0. The second kappa shape index (κ2) is 7.90. The highest BCUT2D eigenvalue weighted by atomic mass is 16.6. The Hall–Kier alpha value is -2.17. The molecule has 0 amide bonds. The van der Waals surface area contributed by atoms with Crippen molar-refractivity contribution in [3.8, 4) is 0 Å². The first-order valence-corrected chi connectivity index (χ1v) is 7.79. The fourth-order valence-corrected chi connectivity index (χ4v) is 2.51. The number of esters is 1. The predicted octanol–water partition coefficient (Wildman–Crippen LogP) is 3.10. The summed E-state index contributed by atoms with van der Waals surface area (Å²) in [6.45, 7) is 1.33. The Balaban J connectivity index is 1.40. The summed E-state index contributed by atoms with van der Waals surface area (Å²) in [7, 11) is 0. The van der Waals surface area contributed by atoms with E-state index in [1.807, 2.05) is 60.7 Å². The SMILES string of the molecule is O=C1O[C@H](COCc2ccccc2)C[C@H]1OCc1ccccc1. The number of hydrogen-bond acceptors (Lipinski definition) is 4. The molecule has 0 saturated carbocycles. The summed E-state index contributed by atoms with van der Waals surface area (Å²) in [5.74, 6) is -0.297. The van der Waals surface area contributed by atoms with Gasteiger partial charge in [0, 0.05) is 6.42 Å². The molecule has 120 valence electrons. The quantitative estimate of drug-likeness (QED) is 0.737. The van der Waals surface area contributed by atoms with Crippen LogP contribution in [-0.4, -0.2) is 24.8 Å². The van der Waals surface area contributed by atoms with Crippen molar-refractivity contribution in [3.63, 3.8) is 0 Å². The number of rotatable bonds is 7. The van der Waals surface area contributed by atoms with Crippen LogP contribution < -0.4 is 0 Å². The summed E-state index contributed by atoms with van der Waals surface area (Å²) in [4.78, 5) is 11.8. The molecule has 0 N–H and O–H groups in total. The molecule has 4 nitrogen and oxygen atoms in total. The highest BCUT2D eigenvalue weighted by molar-refractivity contribution is 5.76. The molecule has 0 bridgehead atoms. The zero-order valence-electron chi connectivity index (χ0n) is 12.9. The fourth-order valence-electron chi connectivity index (χ4n) is 2.51. The van der Waals surface area contributed by atoms with Crippen LogP contribution in [0.3, 0.4) is 0 Å². The number of hydrogen-bond donors (Lipinski definition) is 0. The van der Waals surface area contributed by atoms with E-state index in [9.17, 15) is 4.79 Å². The van der Waals surface area contributed by atoms with Crippen molar-refractivity contribution in [2.24, 2.45) is 0 Å². The molecule has 23 heavy (non-hydrogen) atoms. The van der Waals surface area contributed by atoms with Gasteiger partial charge in [0.25, 0.3) is 0 Å². The molecule has 0 radical (unpaired) electrons. The van der Waals surface area contributed by atoms with Gasteiger partial charge in [0.05, 0.1) is 19.8 Å². The average molecular weight is 312 g/mol. The van der Waals surface area contributed by atoms with Gasteiger partial charge in [-0.25, -0.2) is 4.79 Å². The van der Waals surface area contributed by atoms with Crippen LogP contribution in [-0.2, 0) is 32.2 Å². The molecule has 4 heteroatoms. The molecule has 1 aliphatic heterocycles. The van der Waals surface area contributed by atoms with Gasteiger partial charge in [0.1, 0.15) is 6.10 Å². The van der Waals surface area contributed by atoms with E-state index in [0.717, 1.165) is 11.1 Å². The number of benzene rings is 2. The van der Waals surface area contributed by atoms with Crippen molar-refractivity contribution < 1.29 is 19.0 Å². The molecule has 2 aromatic rings. The summed E-state index contributed by atoms with van der Waals surface area (Å²) in [5, 5.41) is 0. The van der Waals surface area contributed by atoms with Crippen LogP contribution in [0.4, 0.5) is 0 Å². The predicted molar refractivity (Wildman–Crippen MR) is 85.6 cm³/mol. The topological polar surface area (TPSA) is 44.8 Å². The molecule has 0 spiro atoms. The Labute approximate surface area is 136 Å². The molecule has 2 atom stereocenters. The lowest BCUT2D eigenvalue weighted by atomic mass is 10.2. The first-order valence-electron chi connectivity index (χ1n) is 7.79. The number of carbonyl (C=O) groups is 1. The third-order valence-electron chi connectivity index (χ3n) is 3.73. The number of carbonyl (C=O) groups excluding carboxylic acids is 1. The van der Waals surface area contributed by atoms with E-state index in [-0.39, 0.29) is 12.1 Å². The van der Waals surface area contributed by atoms with Crippen LogP contribution in [0.5, 0.6) is 0 Å². The summed E-state index contributed by atoms with van der Waals surface area (Å²) in [5.41, 5.74) is 2.15. The van der Waals surface area contributed by atoms with E-state index in [2.05, 4.69) is 0 Å². The van der Waals surface area contributed by atoms with E-state index >= 15 is 0 Å². The molecule has 1 fully saturated rings. The Kier molecular flexibility index (Phi) is 5.40. The van der Waals surface area contributed by atoms with Gasteiger partial charge in [0.2, 0.25) is 0 Å². The zero-order valence-corrected chi connectivity index (χ0v) is 12.9. The molecule has 1 saturated heterocycles. The van der Waals surface area contributed by atoms with E-state index < -0.39 is 6.10 Å². The maximum atomic E-state index is 11.8. The Morgan fingerprint density at radius 1 is 0.913 bits per heavy atom. The number of cyclic esters (lactones) is 1. The minimum Gasteiger partial charge on any atom is -0.458 e.